The van der Waals surface area contributed by atoms with E-state index in [1.54, 1.807) is 42.0 Å². The van der Waals surface area contributed by atoms with E-state index >= 15 is 0 Å². The van der Waals surface area contributed by atoms with Crippen LogP contribution in [0.5, 0.6) is 17.4 Å². The summed E-state index contributed by atoms with van der Waals surface area (Å²) >= 11 is 3.50. The molecule has 0 radical (unpaired) electrons. The van der Waals surface area contributed by atoms with Crippen molar-refractivity contribution in [2.24, 2.45) is 16.1 Å². The van der Waals surface area contributed by atoms with Crippen molar-refractivity contribution in [3.8, 4) is 17.4 Å². The summed E-state index contributed by atoms with van der Waals surface area (Å²) in [6.45, 7) is 2.43. The van der Waals surface area contributed by atoms with Crippen molar-refractivity contribution in [2.45, 2.75) is 25.6 Å². The van der Waals surface area contributed by atoms with Crippen LogP contribution < -0.4 is 15.0 Å². The zero-order chi connectivity index (χ0) is 27.8. The van der Waals surface area contributed by atoms with Crippen molar-refractivity contribution in [2.75, 3.05) is 26.8 Å². The van der Waals surface area contributed by atoms with E-state index in [-0.39, 0.29) is 29.7 Å². The van der Waals surface area contributed by atoms with Crippen molar-refractivity contribution in [3.63, 3.8) is 0 Å². The normalized spacial score (nSPS) is 18.6. The SMILES string of the molecule is COc1ccc(OCC(=O)N=Nc2c(O)n(CN3CC4CC(C3)c3cccc(=O)n3C4)c3ccc(Br)cc23)cc1. The number of amides is 1. The fourth-order valence-corrected chi connectivity index (χ4v) is 6.16. The van der Waals surface area contributed by atoms with E-state index in [0.29, 0.717) is 36.0 Å². The Morgan fingerprint density at radius 1 is 1.07 bits per heavy atom. The maximum Gasteiger partial charge on any atom is 0.302 e. The average Bonchev–Trinajstić information content (AvgIpc) is 3.20. The highest BCUT2D eigenvalue weighted by Crippen LogP contribution is 2.41. The number of aromatic nitrogens is 2. The van der Waals surface area contributed by atoms with Gasteiger partial charge in [-0.2, -0.15) is 0 Å². The molecule has 206 valence electrons. The Labute approximate surface area is 238 Å². The fraction of sp³-hybridized carbons (Fsp3) is 0.310. The third-order valence-corrected chi connectivity index (χ3v) is 8.05. The van der Waals surface area contributed by atoms with Gasteiger partial charge in [-0.15, -0.1) is 10.2 Å². The van der Waals surface area contributed by atoms with Crippen LogP contribution in [0.2, 0.25) is 0 Å². The molecule has 40 heavy (non-hydrogen) atoms. The van der Waals surface area contributed by atoms with Gasteiger partial charge in [-0.3, -0.25) is 19.1 Å². The van der Waals surface area contributed by atoms with Gasteiger partial charge < -0.3 is 19.1 Å². The summed E-state index contributed by atoms with van der Waals surface area (Å²) in [5.41, 5.74) is 2.13. The van der Waals surface area contributed by atoms with Crippen LogP contribution in [-0.4, -0.2) is 51.9 Å². The lowest BCUT2D eigenvalue weighted by Crippen LogP contribution is -2.47. The molecule has 2 aliphatic heterocycles. The van der Waals surface area contributed by atoms with E-state index in [0.717, 1.165) is 35.2 Å². The number of hydrogen-bond acceptors (Lipinski definition) is 7. The van der Waals surface area contributed by atoms with Crippen molar-refractivity contribution in [1.82, 2.24) is 14.0 Å². The van der Waals surface area contributed by atoms with Gasteiger partial charge in [0.05, 0.1) is 19.3 Å². The van der Waals surface area contributed by atoms with Crippen LogP contribution in [0.4, 0.5) is 5.69 Å². The van der Waals surface area contributed by atoms with Gasteiger partial charge in [0.25, 0.3) is 5.56 Å². The molecular formula is C29H28BrN5O5. The molecule has 0 spiro atoms. The minimum atomic E-state index is -0.580. The minimum absolute atomic E-state index is 0.0548. The van der Waals surface area contributed by atoms with Gasteiger partial charge in [0.1, 0.15) is 11.5 Å². The number of halogens is 1. The number of fused-ring (bicyclic) bond motifs is 5. The molecule has 2 unspecified atom stereocenters. The van der Waals surface area contributed by atoms with Crippen LogP contribution in [0, 0.1) is 5.92 Å². The molecule has 4 aromatic rings. The first-order valence-electron chi connectivity index (χ1n) is 13.0. The van der Waals surface area contributed by atoms with E-state index in [2.05, 4.69) is 31.1 Å². The van der Waals surface area contributed by atoms with Gasteiger partial charge in [0, 0.05) is 47.2 Å². The number of rotatable bonds is 7. The minimum Gasteiger partial charge on any atom is -0.497 e. The Morgan fingerprint density at radius 2 is 1.88 bits per heavy atom. The fourth-order valence-electron chi connectivity index (χ4n) is 5.80. The lowest BCUT2D eigenvalue weighted by molar-refractivity contribution is -0.120. The molecule has 1 N–H and O–H groups in total. The molecule has 10 nitrogen and oxygen atoms in total. The van der Waals surface area contributed by atoms with E-state index in [1.165, 1.54) is 0 Å². The number of nitrogens with zero attached hydrogens (tertiary/aromatic N) is 5. The molecule has 6 rings (SSSR count). The topological polar surface area (TPSA) is 111 Å². The Hall–Kier alpha value is -3.96. The second kappa shape index (κ2) is 10.9. The lowest BCUT2D eigenvalue weighted by Gasteiger charge is -2.42. The van der Waals surface area contributed by atoms with E-state index < -0.39 is 5.91 Å². The quantitative estimate of drug-likeness (QED) is 0.295. The molecule has 2 aliphatic rings. The van der Waals surface area contributed by atoms with Gasteiger partial charge >= 0.3 is 5.91 Å². The summed E-state index contributed by atoms with van der Waals surface area (Å²) < 4.78 is 15.2. The van der Waals surface area contributed by atoms with Crippen LogP contribution in [0.1, 0.15) is 18.0 Å². The van der Waals surface area contributed by atoms with Crippen molar-refractivity contribution in [3.05, 3.63) is 81.2 Å². The van der Waals surface area contributed by atoms with Crippen LogP contribution in [0.3, 0.4) is 0 Å². The number of carbonyl (C=O) groups is 1. The van der Waals surface area contributed by atoms with Gasteiger partial charge in [-0.1, -0.05) is 22.0 Å². The second-order valence-corrected chi connectivity index (χ2v) is 11.1. The van der Waals surface area contributed by atoms with E-state index in [1.807, 2.05) is 34.9 Å². The Balaban J connectivity index is 1.21. The summed E-state index contributed by atoms with van der Waals surface area (Å²) in [4.78, 5) is 27.1. The van der Waals surface area contributed by atoms with Crippen molar-refractivity contribution >= 4 is 38.4 Å². The molecule has 1 amide bonds. The molecular weight excluding hydrogens is 578 g/mol. The zero-order valence-electron chi connectivity index (χ0n) is 21.9. The van der Waals surface area contributed by atoms with Crippen molar-refractivity contribution < 1.29 is 19.4 Å². The first kappa shape index (κ1) is 26.3. The highest BCUT2D eigenvalue weighted by Gasteiger charge is 2.35. The number of methoxy groups -OCH3 is 1. The maximum absolute atomic E-state index is 12.4. The predicted octanol–water partition coefficient (Wildman–Crippen LogP) is 5.05. The number of azo groups is 1. The third kappa shape index (κ3) is 5.14. The number of benzene rings is 2. The van der Waals surface area contributed by atoms with Gasteiger partial charge in [-0.25, -0.2) is 0 Å². The molecule has 2 aromatic carbocycles. The second-order valence-electron chi connectivity index (χ2n) is 10.2. The Bertz CT molecular complexity index is 1660. The summed E-state index contributed by atoms with van der Waals surface area (Å²) in [5.74, 6) is 1.15. The molecule has 11 heteroatoms. The summed E-state index contributed by atoms with van der Waals surface area (Å²) in [6.07, 6.45) is 1.05. The molecule has 2 bridgehead atoms. The number of ether oxygens (including phenoxy) is 2. The number of pyridine rings is 1. The largest absolute Gasteiger partial charge is 0.497 e. The van der Waals surface area contributed by atoms with E-state index in [9.17, 15) is 14.7 Å². The number of piperidine rings is 1. The van der Waals surface area contributed by atoms with Crippen LogP contribution in [-0.2, 0) is 18.0 Å². The third-order valence-electron chi connectivity index (χ3n) is 7.55. The van der Waals surface area contributed by atoms with Crippen LogP contribution >= 0.6 is 15.9 Å². The summed E-state index contributed by atoms with van der Waals surface area (Å²) in [6, 6.07) is 18.0. The maximum atomic E-state index is 12.4. The number of carbonyl (C=O) groups excluding carboxylic acids is 1. The number of aromatic hydroxyl groups is 1. The monoisotopic (exact) mass is 605 g/mol. The van der Waals surface area contributed by atoms with Gasteiger partial charge in [-0.05, 0) is 60.9 Å². The van der Waals surface area contributed by atoms with Crippen LogP contribution in [0.25, 0.3) is 10.9 Å². The molecule has 1 fully saturated rings. The first-order valence-corrected chi connectivity index (χ1v) is 13.8. The molecule has 2 atom stereocenters. The Kier molecular flexibility index (Phi) is 7.16. The standard InChI is InChI=1S/C29H28BrN5O5/c1-39-21-6-8-22(9-7-21)40-16-26(36)31-32-28-23-12-20(30)5-10-25(23)35(29(28)38)17-33-13-18-11-19(15-33)24-3-2-4-27(37)34(24)14-18/h2-10,12,18-19,38H,11,13-17H2,1H3. The molecule has 0 saturated carbocycles. The highest BCUT2D eigenvalue weighted by atomic mass is 79.9. The number of hydrogen-bond donors (Lipinski definition) is 1. The lowest BCUT2D eigenvalue weighted by atomic mass is 9.83. The number of likely N-dealkylation sites (tertiary alicyclic amines) is 1. The predicted molar refractivity (Wildman–Crippen MR) is 152 cm³/mol. The summed E-state index contributed by atoms with van der Waals surface area (Å²) in [5, 5.41) is 19.9. The van der Waals surface area contributed by atoms with Gasteiger partial charge in [0.2, 0.25) is 5.88 Å². The summed E-state index contributed by atoms with van der Waals surface area (Å²) in [7, 11) is 1.57. The van der Waals surface area contributed by atoms with E-state index in [4.69, 9.17) is 9.47 Å². The highest BCUT2D eigenvalue weighted by molar-refractivity contribution is 9.10. The average molecular weight is 606 g/mol. The van der Waals surface area contributed by atoms with Gasteiger partial charge in [0.15, 0.2) is 12.3 Å². The molecule has 2 aromatic heterocycles. The molecule has 4 heterocycles. The zero-order valence-corrected chi connectivity index (χ0v) is 23.5. The van der Waals surface area contributed by atoms with Crippen molar-refractivity contribution in [1.29, 1.82) is 0 Å². The molecule has 0 aliphatic carbocycles. The molecule has 1 saturated heterocycles. The first-order chi connectivity index (χ1) is 19.4. The smallest absolute Gasteiger partial charge is 0.302 e. The Morgan fingerprint density at radius 3 is 2.67 bits per heavy atom. The van der Waals surface area contributed by atoms with Crippen LogP contribution in [0.15, 0.2) is 80.2 Å².